The van der Waals surface area contributed by atoms with E-state index in [1.54, 1.807) is 5.32 Å². The SMILES string of the molecule is CC1CN(c2ccc(C(=O)C(F)(F)F)cc2)N=C1NC(=O)C(F)(F)F. The lowest BCUT2D eigenvalue weighted by Crippen LogP contribution is -2.42. The summed E-state index contributed by atoms with van der Waals surface area (Å²) in [5.74, 6) is -4.91. The highest BCUT2D eigenvalue weighted by Crippen LogP contribution is 2.26. The molecule has 1 heterocycles. The zero-order valence-corrected chi connectivity index (χ0v) is 12.6. The number of amidine groups is 1. The highest BCUT2D eigenvalue weighted by Gasteiger charge is 2.41. The molecule has 1 amide bonds. The third kappa shape index (κ3) is 4.28. The maximum atomic E-state index is 12.3. The van der Waals surface area contributed by atoms with Gasteiger partial charge in [0.05, 0.1) is 12.2 Å². The molecule has 0 aromatic heterocycles. The topological polar surface area (TPSA) is 61.8 Å². The van der Waals surface area contributed by atoms with Crippen molar-refractivity contribution < 1.29 is 35.9 Å². The number of carbonyl (C=O) groups is 2. The van der Waals surface area contributed by atoms with E-state index in [2.05, 4.69) is 5.10 Å². The van der Waals surface area contributed by atoms with Crippen LogP contribution in [-0.4, -0.2) is 36.4 Å². The normalized spacial score (nSPS) is 18.1. The predicted molar refractivity (Wildman–Crippen MR) is 75.0 cm³/mol. The molecule has 1 atom stereocenters. The predicted octanol–water partition coefficient (Wildman–Crippen LogP) is 2.88. The zero-order chi connectivity index (χ0) is 19.0. The van der Waals surface area contributed by atoms with Crippen molar-refractivity contribution >= 4 is 23.2 Å². The Hall–Kier alpha value is -2.59. The fraction of sp³-hybridized carbons (Fsp3) is 0.357. The standard InChI is InChI=1S/C14H11F6N3O2/c1-7-6-23(22-11(7)21-12(25)14(18,19)20)9-4-2-8(3-5-9)10(24)13(15,16)17/h2-5,7H,6H2,1H3,(H,21,22,25). The lowest BCUT2D eigenvalue weighted by molar-refractivity contribution is -0.171. The molecule has 0 spiro atoms. The first kappa shape index (κ1) is 18.7. The number of hydrazone groups is 1. The first-order valence-corrected chi connectivity index (χ1v) is 6.85. The second kappa shape index (κ2) is 6.37. The monoisotopic (exact) mass is 367 g/mol. The van der Waals surface area contributed by atoms with Crippen molar-refractivity contribution in [1.29, 1.82) is 0 Å². The molecule has 11 heteroatoms. The number of anilines is 1. The fourth-order valence-corrected chi connectivity index (χ4v) is 2.06. The van der Waals surface area contributed by atoms with Gasteiger partial charge < -0.3 is 5.32 Å². The number of nitrogens with one attached hydrogen (secondary N) is 1. The van der Waals surface area contributed by atoms with Gasteiger partial charge >= 0.3 is 18.3 Å². The van der Waals surface area contributed by atoms with Crippen LogP contribution in [0.25, 0.3) is 0 Å². The van der Waals surface area contributed by atoms with Crippen LogP contribution in [0.15, 0.2) is 29.4 Å². The molecule has 5 nitrogen and oxygen atoms in total. The van der Waals surface area contributed by atoms with Crippen LogP contribution >= 0.6 is 0 Å². The number of rotatable bonds is 2. The van der Waals surface area contributed by atoms with E-state index in [0.29, 0.717) is 0 Å². The molecule has 1 unspecified atom stereocenters. The van der Waals surface area contributed by atoms with Gasteiger partial charge in [0.25, 0.3) is 5.78 Å². The average molecular weight is 367 g/mol. The van der Waals surface area contributed by atoms with E-state index in [-0.39, 0.29) is 18.1 Å². The molecule has 25 heavy (non-hydrogen) atoms. The molecule has 0 bridgehead atoms. The summed E-state index contributed by atoms with van der Waals surface area (Å²) in [6.07, 6.45) is -10.1. The molecule has 0 saturated heterocycles. The van der Waals surface area contributed by atoms with Crippen LogP contribution in [0.3, 0.4) is 0 Å². The Balaban J connectivity index is 2.15. The van der Waals surface area contributed by atoms with E-state index in [0.717, 1.165) is 12.1 Å². The van der Waals surface area contributed by atoms with Gasteiger partial charge in [-0.25, -0.2) is 0 Å². The summed E-state index contributed by atoms with van der Waals surface area (Å²) >= 11 is 0. The number of Topliss-reactive ketones (excluding diaryl/α,β-unsaturated/α-hetero) is 1. The number of alkyl halides is 6. The molecule has 1 aliphatic rings. The summed E-state index contributed by atoms with van der Waals surface area (Å²) in [6, 6.07) is 4.25. The van der Waals surface area contributed by atoms with Gasteiger partial charge in [-0.05, 0) is 24.3 Å². The van der Waals surface area contributed by atoms with Crippen molar-refractivity contribution in [3.63, 3.8) is 0 Å². The Morgan fingerprint density at radius 2 is 1.64 bits per heavy atom. The molecule has 1 N–H and O–H groups in total. The van der Waals surface area contributed by atoms with Gasteiger partial charge in [0.15, 0.2) is 0 Å². The van der Waals surface area contributed by atoms with Crippen molar-refractivity contribution in [3.05, 3.63) is 29.8 Å². The minimum absolute atomic E-state index is 0.111. The molecule has 1 aromatic carbocycles. The zero-order valence-electron chi connectivity index (χ0n) is 12.6. The maximum Gasteiger partial charge on any atom is 0.471 e. The van der Waals surface area contributed by atoms with Gasteiger partial charge in [-0.3, -0.25) is 14.6 Å². The van der Waals surface area contributed by atoms with Crippen molar-refractivity contribution in [2.75, 3.05) is 11.6 Å². The third-order valence-electron chi connectivity index (χ3n) is 3.33. The van der Waals surface area contributed by atoms with Gasteiger partial charge in [0, 0.05) is 11.5 Å². The summed E-state index contributed by atoms with van der Waals surface area (Å²) in [6.45, 7) is 1.64. The van der Waals surface area contributed by atoms with Crippen LogP contribution in [0.5, 0.6) is 0 Å². The van der Waals surface area contributed by atoms with Gasteiger partial charge in [-0.2, -0.15) is 31.4 Å². The maximum absolute atomic E-state index is 12.3. The molecule has 2 rings (SSSR count). The molecular weight excluding hydrogens is 356 g/mol. The summed E-state index contributed by atoms with van der Waals surface area (Å²) in [5.41, 5.74) is -0.306. The third-order valence-corrected chi connectivity index (χ3v) is 3.33. The summed E-state index contributed by atoms with van der Waals surface area (Å²) in [4.78, 5) is 22.0. The van der Waals surface area contributed by atoms with E-state index in [1.165, 1.54) is 24.1 Å². The highest BCUT2D eigenvalue weighted by atomic mass is 19.4. The van der Waals surface area contributed by atoms with Crippen LogP contribution in [0.4, 0.5) is 32.0 Å². The first-order valence-electron chi connectivity index (χ1n) is 6.85. The number of nitrogens with zero attached hydrogens (tertiary/aromatic N) is 2. The molecule has 0 aliphatic carbocycles. The van der Waals surface area contributed by atoms with Gasteiger partial charge in [0.1, 0.15) is 5.84 Å². The lowest BCUT2D eigenvalue weighted by atomic mass is 10.1. The molecule has 0 saturated carbocycles. The summed E-state index contributed by atoms with van der Waals surface area (Å²) < 4.78 is 73.8. The Morgan fingerprint density at radius 3 is 2.12 bits per heavy atom. The van der Waals surface area contributed by atoms with Crippen LogP contribution in [0, 0.1) is 5.92 Å². The largest absolute Gasteiger partial charge is 0.471 e. The Bertz CT molecular complexity index is 709. The molecule has 0 radical (unpaired) electrons. The lowest BCUT2D eigenvalue weighted by Gasteiger charge is -2.14. The number of halogens is 6. The Morgan fingerprint density at radius 1 is 1.08 bits per heavy atom. The second-order valence-electron chi connectivity index (χ2n) is 5.29. The minimum atomic E-state index is -5.06. The highest BCUT2D eigenvalue weighted by molar-refractivity contribution is 6.03. The van der Waals surface area contributed by atoms with Gasteiger partial charge in [0.2, 0.25) is 0 Å². The van der Waals surface area contributed by atoms with Crippen LogP contribution in [0.1, 0.15) is 17.3 Å². The smallest absolute Gasteiger partial charge is 0.305 e. The van der Waals surface area contributed by atoms with Crippen molar-refractivity contribution in [3.8, 4) is 0 Å². The average Bonchev–Trinajstić information content (AvgIpc) is 2.86. The summed E-state index contributed by atoms with van der Waals surface area (Å²) in [5, 5.41) is 6.71. The van der Waals surface area contributed by atoms with E-state index >= 15 is 0 Å². The van der Waals surface area contributed by atoms with Gasteiger partial charge in [-0.1, -0.05) is 6.92 Å². The van der Waals surface area contributed by atoms with Gasteiger partial charge in [-0.15, -0.1) is 0 Å². The molecule has 0 fully saturated rings. The number of ketones is 1. The van der Waals surface area contributed by atoms with Crippen LogP contribution < -0.4 is 10.3 Å². The van der Waals surface area contributed by atoms with Crippen molar-refractivity contribution in [1.82, 2.24) is 5.32 Å². The fourth-order valence-electron chi connectivity index (χ4n) is 2.06. The van der Waals surface area contributed by atoms with Crippen molar-refractivity contribution in [2.24, 2.45) is 11.0 Å². The van der Waals surface area contributed by atoms with Crippen molar-refractivity contribution in [2.45, 2.75) is 19.3 Å². The molecule has 1 aliphatic heterocycles. The number of benzene rings is 1. The molecule has 1 aromatic rings. The second-order valence-corrected chi connectivity index (χ2v) is 5.29. The number of hydrogen-bond donors (Lipinski definition) is 1. The summed E-state index contributed by atoms with van der Waals surface area (Å²) in [7, 11) is 0. The van der Waals surface area contributed by atoms with E-state index < -0.39 is 35.5 Å². The molecule has 136 valence electrons. The Labute approximate surface area is 137 Å². The Kier molecular flexibility index (Phi) is 4.78. The minimum Gasteiger partial charge on any atom is -0.305 e. The number of hydrogen-bond acceptors (Lipinski definition) is 4. The number of amides is 1. The van der Waals surface area contributed by atoms with E-state index in [9.17, 15) is 35.9 Å². The van der Waals surface area contributed by atoms with Crippen LogP contribution in [-0.2, 0) is 4.79 Å². The first-order chi connectivity index (χ1) is 11.4. The quantitative estimate of drug-likeness (QED) is 0.646. The van der Waals surface area contributed by atoms with E-state index in [4.69, 9.17) is 0 Å². The molecular formula is C14H11F6N3O2. The number of carbonyl (C=O) groups excluding carboxylic acids is 2. The van der Waals surface area contributed by atoms with Crippen LogP contribution in [0.2, 0.25) is 0 Å². The van der Waals surface area contributed by atoms with E-state index in [1.807, 2.05) is 0 Å².